The Labute approximate surface area is 204 Å². The molecule has 3 heterocycles. The highest BCUT2D eigenvalue weighted by molar-refractivity contribution is 6.30. The molecule has 9 heteroatoms. The van der Waals surface area contributed by atoms with E-state index >= 15 is 0 Å². The molecule has 0 bridgehead atoms. The molecule has 0 spiro atoms. The van der Waals surface area contributed by atoms with Crippen LogP contribution in [0.5, 0.6) is 0 Å². The summed E-state index contributed by atoms with van der Waals surface area (Å²) in [6.45, 7) is 2.02. The first-order chi connectivity index (χ1) is 16.6. The minimum atomic E-state index is -0.374. The zero-order valence-electron chi connectivity index (χ0n) is 18.9. The minimum Gasteiger partial charge on any atom is -0.367 e. The van der Waals surface area contributed by atoms with E-state index in [9.17, 15) is 9.59 Å². The molecule has 2 aromatic rings. The van der Waals surface area contributed by atoms with Crippen molar-refractivity contribution in [3.8, 4) is 0 Å². The van der Waals surface area contributed by atoms with Gasteiger partial charge in [-0.2, -0.15) is 0 Å². The van der Waals surface area contributed by atoms with E-state index in [1.54, 1.807) is 36.5 Å². The lowest BCUT2D eigenvalue weighted by atomic mass is 10.0. The molecule has 1 atom stereocenters. The number of rotatable bonds is 7. The summed E-state index contributed by atoms with van der Waals surface area (Å²) in [6.07, 6.45) is 8.92. The van der Waals surface area contributed by atoms with Crippen LogP contribution in [-0.4, -0.2) is 53.7 Å². The van der Waals surface area contributed by atoms with Gasteiger partial charge in [0, 0.05) is 55.0 Å². The summed E-state index contributed by atoms with van der Waals surface area (Å²) in [6, 6.07) is 11.0. The van der Waals surface area contributed by atoms with Gasteiger partial charge in [-0.3, -0.25) is 9.59 Å². The van der Waals surface area contributed by atoms with E-state index in [4.69, 9.17) is 21.2 Å². The molecule has 2 aliphatic heterocycles. The lowest BCUT2D eigenvalue weighted by molar-refractivity contribution is -0.198. The minimum absolute atomic E-state index is 0.0325. The molecule has 2 fully saturated rings. The van der Waals surface area contributed by atoms with Crippen LogP contribution in [-0.2, 0) is 14.4 Å². The Morgan fingerprint density at radius 1 is 1.09 bits per heavy atom. The average molecular weight is 485 g/mol. The van der Waals surface area contributed by atoms with Crippen molar-refractivity contribution in [2.24, 2.45) is 0 Å². The van der Waals surface area contributed by atoms with Gasteiger partial charge in [-0.25, -0.2) is 15.3 Å². The third kappa shape index (κ3) is 7.03. The maximum absolute atomic E-state index is 12.6. The maximum atomic E-state index is 12.6. The van der Waals surface area contributed by atoms with Crippen molar-refractivity contribution >= 4 is 35.3 Å². The van der Waals surface area contributed by atoms with Gasteiger partial charge in [-0.1, -0.05) is 11.6 Å². The van der Waals surface area contributed by atoms with Crippen LogP contribution >= 0.6 is 11.6 Å². The van der Waals surface area contributed by atoms with Gasteiger partial charge in [0.1, 0.15) is 5.82 Å². The van der Waals surface area contributed by atoms with E-state index < -0.39 is 0 Å². The van der Waals surface area contributed by atoms with E-state index in [0.29, 0.717) is 30.3 Å². The van der Waals surface area contributed by atoms with Crippen LogP contribution in [0.4, 0.5) is 5.82 Å². The maximum Gasteiger partial charge on any atom is 0.267 e. The number of nitrogens with one attached hydrogen (secondary N) is 2. The Balaban J connectivity index is 1.19. The second-order valence-electron chi connectivity index (χ2n) is 8.41. The SMILES string of the molecule is O=C(/C=C/c1ccc(NC2CCN(C(=O)c3ccc(Cl)cc3)CC2)nc1)NOC1CCCCO1. The number of aromatic nitrogens is 1. The third-order valence-corrected chi connectivity index (χ3v) is 6.12. The van der Waals surface area contributed by atoms with Crippen molar-refractivity contribution in [2.75, 3.05) is 25.0 Å². The summed E-state index contributed by atoms with van der Waals surface area (Å²) in [5.41, 5.74) is 3.86. The van der Waals surface area contributed by atoms with Crippen molar-refractivity contribution in [2.45, 2.75) is 44.4 Å². The van der Waals surface area contributed by atoms with Gasteiger partial charge in [-0.05, 0) is 73.7 Å². The number of carbonyl (C=O) groups is 2. The van der Waals surface area contributed by atoms with Crippen LogP contribution in [0.2, 0.25) is 5.02 Å². The number of piperidine rings is 1. The summed E-state index contributed by atoms with van der Waals surface area (Å²) >= 11 is 5.91. The van der Waals surface area contributed by atoms with Crippen molar-refractivity contribution < 1.29 is 19.2 Å². The van der Waals surface area contributed by atoms with Crippen molar-refractivity contribution in [3.63, 3.8) is 0 Å². The number of benzene rings is 1. The Hall–Kier alpha value is -2.94. The predicted octanol–water partition coefficient (Wildman–Crippen LogP) is 4.04. The van der Waals surface area contributed by atoms with Gasteiger partial charge >= 0.3 is 0 Å². The molecule has 1 aromatic heterocycles. The lowest BCUT2D eigenvalue weighted by Gasteiger charge is -2.32. The van der Waals surface area contributed by atoms with Crippen LogP contribution < -0.4 is 10.8 Å². The molecule has 8 nitrogen and oxygen atoms in total. The molecule has 1 aromatic carbocycles. The summed E-state index contributed by atoms with van der Waals surface area (Å²) in [4.78, 5) is 36.1. The number of halogens is 1. The Bertz CT molecular complexity index is 983. The van der Waals surface area contributed by atoms with Crippen molar-refractivity contribution in [1.82, 2.24) is 15.4 Å². The molecule has 2 amide bonds. The zero-order chi connectivity index (χ0) is 23.8. The molecule has 0 aliphatic carbocycles. The highest BCUT2D eigenvalue weighted by Gasteiger charge is 2.23. The molecule has 34 heavy (non-hydrogen) atoms. The fourth-order valence-corrected chi connectivity index (χ4v) is 4.06. The van der Waals surface area contributed by atoms with E-state index in [0.717, 1.165) is 43.5 Å². The lowest BCUT2D eigenvalue weighted by Crippen LogP contribution is -2.42. The number of likely N-dealkylation sites (tertiary alicyclic amines) is 1. The second kappa shape index (κ2) is 12.0. The normalized spacial score (nSPS) is 19.2. The largest absolute Gasteiger partial charge is 0.367 e. The summed E-state index contributed by atoms with van der Waals surface area (Å²) in [5, 5.41) is 4.05. The monoisotopic (exact) mass is 484 g/mol. The fraction of sp³-hybridized carbons (Fsp3) is 0.400. The number of amides is 2. The second-order valence-corrected chi connectivity index (χ2v) is 8.84. The molecule has 2 N–H and O–H groups in total. The number of carbonyl (C=O) groups excluding carboxylic acids is 2. The average Bonchev–Trinajstić information content (AvgIpc) is 2.88. The number of anilines is 1. The van der Waals surface area contributed by atoms with Gasteiger partial charge in [0.05, 0.1) is 0 Å². The summed E-state index contributed by atoms with van der Waals surface area (Å²) < 4.78 is 5.41. The molecule has 0 radical (unpaired) electrons. The highest BCUT2D eigenvalue weighted by atomic mass is 35.5. The highest BCUT2D eigenvalue weighted by Crippen LogP contribution is 2.19. The number of hydroxylamine groups is 1. The quantitative estimate of drug-likeness (QED) is 0.455. The number of pyridine rings is 1. The first kappa shape index (κ1) is 24.2. The predicted molar refractivity (Wildman–Crippen MR) is 130 cm³/mol. The van der Waals surface area contributed by atoms with Crippen LogP contribution in [0, 0.1) is 0 Å². The summed E-state index contributed by atoms with van der Waals surface area (Å²) in [7, 11) is 0. The zero-order valence-corrected chi connectivity index (χ0v) is 19.7. The number of hydrogen-bond donors (Lipinski definition) is 2. The molecular weight excluding hydrogens is 456 g/mol. The Kier molecular flexibility index (Phi) is 8.51. The molecule has 1 unspecified atom stereocenters. The Morgan fingerprint density at radius 2 is 1.88 bits per heavy atom. The number of nitrogens with zero attached hydrogens (tertiary/aromatic N) is 2. The van der Waals surface area contributed by atoms with Gasteiger partial charge in [0.15, 0.2) is 6.29 Å². The summed E-state index contributed by atoms with van der Waals surface area (Å²) in [5.74, 6) is 0.447. The van der Waals surface area contributed by atoms with Gasteiger partial charge in [-0.15, -0.1) is 0 Å². The van der Waals surface area contributed by atoms with E-state index in [-0.39, 0.29) is 24.1 Å². The van der Waals surface area contributed by atoms with Crippen molar-refractivity contribution in [3.05, 3.63) is 64.8 Å². The molecule has 2 saturated heterocycles. The number of ether oxygens (including phenoxy) is 1. The van der Waals surface area contributed by atoms with Crippen LogP contribution in [0.25, 0.3) is 6.08 Å². The topological polar surface area (TPSA) is 92.8 Å². The Morgan fingerprint density at radius 3 is 2.56 bits per heavy atom. The molecule has 180 valence electrons. The van der Waals surface area contributed by atoms with Crippen LogP contribution in [0.15, 0.2) is 48.7 Å². The third-order valence-electron chi connectivity index (χ3n) is 5.87. The van der Waals surface area contributed by atoms with Gasteiger partial charge in [0.25, 0.3) is 11.8 Å². The smallest absolute Gasteiger partial charge is 0.267 e. The van der Waals surface area contributed by atoms with Crippen molar-refractivity contribution in [1.29, 1.82) is 0 Å². The van der Waals surface area contributed by atoms with Gasteiger partial charge in [0.2, 0.25) is 0 Å². The van der Waals surface area contributed by atoms with Crippen LogP contribution in [0.1, 0.15) is 48.0 Å². The first-order valence-electron chi connectivity index (χ1n) is 11.6. The van der Waals surface area contributed by atoms with E-state index in [1.165, 1.54) is 6.08 Å². The molecule has 0 saturated carbocycles. The van der Waals surface area contributed by atoms with Crippen LogP contribution in [0.3, 0.4) is 0 Å². The van der Waals surface area contributed by atoms with E-state index in [2.05, 4.69) is 15.8 Å². The molecule has 2 aliphatic rings. The standard InChI is InChI=1S/C25H29ClN4O4/c26-20-8-6-19(7-9-20)25(32)30-14-12-21(13-15-30)28-22-10-4-18(17-27-22)5-11-23(31)29-34-24-3-1-2-16-33-24/h4-11,17,21,24H,1-3,12-16H2,(H,27,28)(H,29,31)/b11-5+. The molecule has 4 rings (SSSR count). The molecular formula is C25H29ClN4O4. The first-order valence-corrected chi connectivity index (χ1v) is 12.0. The van der Waals surface area contributed by atoms with E-state index in [1.807, 2.05) is 17.0 Å². The number of hydrogen-bond acceptors (Lipinski definition) is 6. The van der Waals surface area contributed by atoms with Gasteiger partial charge < -0.3 is 15.0 Å². The fourth-order valence-electron chi connectivity index (χ4n) is 3.93.